The maximum atomic E-state index is 5.83. The van der Waals surface area contributed by atoms with Crippen LogP contribution in [0, 0.1) is 0 Å². The summed E-state index contributed by atoms with van der Waals surface area (Å²) in [5, 5.41) is 0.508. The van der Waals surface area contributed by atoms with Crippen molar-refractivity contribution in [3.05, 3.63) is 17.5 Å². The van der Waals surface area contributed by atoms with Crippen molar-refractivity contribution < 1.29 is 0 Å². The lowest BCUT2D eigenvalue weighted by Crippen LogP contribution is -2.31. The fourth-order valence-electron chi connectivity index (χ4n) is 1.87. The van der Waals surface area contributed by atoms with E-state index in [0.717, 1.165) is 18.9 Å². The molecule has 0 spiro atoms. The summed E-state index contributed by atoms with van der Waals surface area (Å²) < 4.78 is 0. The first-order valence-corrected chi connectivity index (χ1v) is 5.43. The van der Waals surface area contributed by atoms with Gasteiger partial charge in [-0.05, 0) is 20.5 Å². The molecule has 1 aromatic rings. The highest BCUT2D eigenvalue weighted by Crippen LogP contribution is 2.21. The van der Waals surface area contributed by atoms with Crippen molar-refractivity contribution in [2.45, 2.75) is 12.5 Å². The topological polar surface area (TPSA) is 32.3 Å². The van der Waals surface area contributed by atoms with Crippen LogP contribution < -0.4 is 4.90 Å². The molecule has 5 heteroatoms. The highest BCUT2D eigenvalue weighted by molar-refractivity contribution is 6.29. The van der Waals surface area contributed by atoms with Gasteiger partial charge in [0.05, 0.1) is 0 Å². The minimum absolute atomic E-state index is 0.508. The van der Waals surface area contributed by atoms with Gasteiger partial charge in [0.15, 0.2) is 0 Å². The quantitative estimate of drug-likeness (QED) is 0.711. The summed E-state index contributed by atoms with van der Waals surface area (Å²) in [6.45, 7) is 2.05. The van der Waals surface area contributed by atoms with Crippen LogP contribution in [-0.2, 0) is 0 Å². The molecule has 82 valence electrons. The molecule has 1 saturated heterocycles. The number of nitrogens with zero attached hydrogens (tertiary/aromatic N) is 4. The molecule has 0 aliphatic carbocycles. The van der Waals surface area contributed by atoms with Crippen LogP contribution in [-0.4, -0.2) is 48.1 Å². The zero-order valence-electron chi connectivity index (χ0n) is 9.02. The van der Waals surface area contributed by atoms with Crippen LogP contribution >= 0.6 is 11.6 Å². The Morgan fingerprint density at radius 2 is 2.27 bits per heavy atom. The van der Waals surface area contributed by atoms with E-state index in [4.69, 9.17) is 11.6 Å². The van der Waals surface area contributed by atoms with E-state index in [2.05, 4.69) is 33.9 Å². The Hall–Kier alpha value is -0.870. The third kappa shape index (κ3) is 2.38. The summed E-state index contributed by atoms with van der Waals surface area (Å²) in [5.41, 5.74) is 0. The van der Waals surface area contributed by atoms with Gasteiger partial charge in [0.2, 0.25) is 0 Å². The van der Waals surface area contributed by atoms with E-state index in [1.807, 2.05) is 6.07 Å². The van der Waals surface area contributed by atoms with E-state index in [0.29, 0.717) is 11.2 Å². The monoisotopic (exact) mass is 226 g/mol. The second-order valence-electron chi connectivity index (χ2n) is 4.05. The Kier molecular flexibility index (Phi) is 3.07. The first kappa shape index (κ1) is 10.6. The molecule has 1 fully saturated rings. The minimum atomic E-state index is 0.508. The lowest BCUT2D eigenvalue weighted by molar-refractivity contribution is 0.315. The minimum Gasteiger partial charge on any atom is -0.355 e. The summed E-state index contributed by atoms with van der Waals surface area (Å²) >= 11 is 5.83. The predicted molar refractivity (Wildman–Crippen MR) is 61.3 cm³/mol. The molecule has 0 N–H and O–H groups in total. The molecule has 0 radical (unpaired) electrons. The summed E-state index contributed by atoms with van der Waals surface area (Å²) in [4.78, 5) is 12.6. The van der Waals surface area contributed by atoms with E-state index >= 15 is 0 Å². The maximum Gasteiger partial charge on any atom is 0.134 e. The normalized spacial score (nSPS) is 21.3. The predicted octanol–water partition coefficient (Wildman–Crippen LogP) is 1.27. The number of rotatable bonds is 2. The fraction of sp³-hybridized carbons (Fsp3) is 0.600. The molecule has 0 amide bonds. The van der Waals surface area contributed by atoms with Crippen molar-refractivity contribution in [3.63, 3.8) is 0 Å². The number of likely N-dealkylation sites (N-methyl/N-ethyl adjacent to an activating group) is 1. The van der Waals surface area contributed by atoms with E-state index in [1.165, 1.54) is 12.7 Å². The van der Waals surface area contributed by atoms with Crippen LogP contribution in [0.1, 0.15) is 6.42 Å². The average Bonchev–Trinajstić information content (AvgIpc) is 2.66. The van der Waals surface area contributed by atoms with Crippen LogP contribution in [0.4, 0.5) is 5.82 Å². The van der Waals surface area contributed by atoms with Crippen molar-refractivity contribution >= 4 is 17.4 Å². The third-order valence-corrected chi connectivity index (χ3v) is 3.04. The molecule has 0 saturated carbocycles. The van der Waals surface area contributed by atoms with Gasteiger partial charge >= 0.3 is 0 Å². The molecule has 2 heterocycles. The van der Waals surface area contributed by atoms with Crippen LogP contribution in [0.25, 0.3) is 0 Å². The van der Waals surface area contributed by atoms with Gasteiger partial charge in [-0.2, -0.15) is 0 Å². The number of anilines is 1. The van der Waals surface area contributed by atoms with Gasteiger partial charge in [-0.3, -0.25) is 0 Å². The van der Waals surface area contributed by atoms with Crippen LogP contribution in [0.5, 0.6) is 0 Å². The summed E-state index contributed by atoms with van der Waals surface area (Å²) in [6.07, 6.45) is 2.69. The number of aromatic nitrogens is 2. The summed E-state index contributed by atoms with van der Waals surface area (Å²) in [6, 6.07) is 2.43. The number of hydrogen-bond donors (Lipinski definition) is 0. The lowest BCUT2D eigenvalue weighted by atomic mass is 10.2. The summed E-state index contributed by atoms with van der Waals surface area (Å²) in [5.74, 6) is 0.930. The highest BCUT2D eigenvalue weighted by atomic mass is 35.5. The van der Waals surface area contributed by atoms with E-state index in [9.17, 15) is 0 Å². The SMILES string of the molecule is CN(C)C1CCN(c2cc(Cl)ncn2)C1. The van der Waals surface area contributed by atoms with E-state index < -0.39 is 0 Å². The van der Waals surface area contributed by atoms with Gasteiger partial charge in [-0.15, -0.1) is 0 Å². The largest absolute Gasteiger partial charge is 0.355 e. The van der Waals surface area contributed by atoms with Crippen molar-refractivity contribution in [2.24, 2.45) is 0 Å². The van der Waals surface area contributed by atoms with Gasteiger partial charge in [0, 0.05) is 25.2 Å². The molecule has 2 rings (SSSR count). The Bertz CT molecular complexity index is 342. The zero-order valence-corrected chi connectivity index (χ0v) is 9.78. The molecule has 0 bridgehead atoms. The molecule has 4 nitrogen and oxygen atoms in total. The molecule has 1 aliphatic rings. The van der Waals surface area contributed by atoms with Crippen LogP contribution in [0.2, 0.25) is 5.15 Å². The molecule has 1 unspecified atom stereocenters. The van der Waals surface area contributed by atoms with Crippen molar-refractivity contribution in [1.82, 2.24) is 14.9 Å². The van der Waals surface area contributed by atoms with Gasteiger partial charge in [0.25, 0.3) is 0 Å². The Labute approximate surface area is 94.9 Å². The third-order valence-electron chi connectivity index (χ3n) is 2.84. The number of hydrogen-bond acceptors (Lipinski definition) is 4. The molecule has 1 aliphatic heterocycles. The lowest BCUT2D eigenvalue weighted by Gasteiger charge is -2.20. The maximum absolute atomic E-state index is 5.83. The molecule has 0 aromatic carbocycles. The summed E-state index contributed by atoms with van der Waals surface area (Å²) in [7, 11) is 4.22. The van der Waals surface area contributed by atoms with Crippen molar-refractivity contribution in [3.8, 4) is 0 Å². The van der Waals surface area contributed by atoms with Crippen LogP contribution in [0.3, 0.4) is 0 Å². The first-order valence-electron chi connectivity index (χ1n) is 5.06. The standard InChI is InChI=1S/C10H15ClN4/c1-14(2)8-3-4-15(6-8)10-5-9(11)12-7-13-10/h5,7-8H,3-4,6H2,1-2H3. The molecular formula is C10H15ClN4. The Balaban J connectivity index is 2.08. The molecular weight excluding hydrogens is 212 g/mol. The van der Waals surface area contributed by atoms with Gasteiger partial charge in [0.1, 0.15) is 17.3 Å². The van der Waals surface area contributed by atoms with E-state index in [1.54, 1.807) is 0 Å². The smallest absolute Gasteiger partial charge is 0.134 e. The Morgan fingerprint density at radius 3 is 2.87 bits per heavy atom. The van der Waals surface area contributed by atoms with Gasteiger partial charge in [-0.25, -0.2) is 9.97 Å². The van der Waals surface area contributed by atoms with Gasteiger partial charge < -0.3 is 9.80 Å². The van der Waals surface area contributed by atoms with Crippen molar-refractivity contribution in [2.75, 3.05) is 32.1 Å². The molecule has 15 heavy (non-hydrogen) atoms. The zero-order chi connectivity index (χ0) is 10.8. The highest BCUT2D eigenvalue weighted by Gasteiger charge is 2.24. The molecule has 1 atom stereocenters. The number of halogens is 1. The Morgan fingerprint density at radius 1 is 1.47 bits per heavy atom. The van der Waals surface area contributed by atoms with Crippen LogP contribution in [0.15, 0.2) is 12.4 Å². The van der Waals surface area contributed by atoms with Crippen molar-refractivity contribution in [1.29, 1.82) is 0 Å². The first-order chi connectivity index (χ1) is 7.16. The molecule has 1 aromatic heterocycles. The van der Waals surface area contributed by atoms with E-state index in [-0.39, 0.29) is 0 Å². The second-order valence-corrected chi connectivity index (χ2v) is 4.44. The fourth-order valence-corrected chi connectivity index (χ4v) is 2.01. The van der Waals surface area contributed by atoms with Gasteiger partial charge in [-0.1, -0.05) is 11.6 Å². The average molecular weight is 227 g/mol. The second kappa shape index (κ2) is 4.33.